The Labute approximate surface area is 96.7 Å². The highest BCUT2D eigenvalue weighted by atomic mass is 79.9. The van der Waals surface area contributed by atoms with Crippen molar-refractivity contribution in [2.24, 2.45) is 0 Å². The summed E-state index contributed by atoms with van der Waals surface area (Å²) < 4.78 is 2.84. The fourth-order valence-electron chi connectivity index (χ4n) is 1.52. The van der Waals surface area contributed by atoms with Gasteiger partial charge in [-0.2, -0.15) is 0 Å². The number of carbonyl (C=O) groups is 1. The van der Waals surface area contributed by atoms with Gasteiger partial charge in [0.15, 0.2) is 6.29 Å². The standard InChI is InChI=1S/C12H10BrNO/c1-9-4-5-11(13)12(7-9)14-6-2-3-10(14)8-15/h2-8H,1H3. The first-order valence-electron chi connectivity index (χ1n) is 4.61. The fraction of sp³-hybridized carbons (Fsp3) is 0.0833. The molecule has 2 aromatic rings. The van der Waals surface area contributed by atoms with E-state index in [1.54, 1.807) is 6.07 Å². The summed E-state index contributed by atoms with van der Waals surface area (Å²) in [6.07, 6.45) is 2.73. The van der Waals surface area contributed by atoms with E-state index in [0.717, 1.165) is 16.4 Å². The van der Waals surface area contributed by atoms with E-state index in [9.17, 15) is 4.79 Å². The average molecular weight is 264 g/mol. The van der Waals surface area contributed by atoms with E-state index in [1.807, 2.05) is 42.0 Å². The minimum absolute atomic E-state index is 0.654. The SMILES string of the molecule is Cc1ccc(Br)c(-n2cccc2C=O)c1. The molecule has 76 valence electrons. The Morgan fingerprint density at radius 1 is 1.33 bits per heavy atom. The largest absolute Gasteiger partial charge is 0.313 e. The van der Waals surface area contributed by atoms with Crippen LogP contribution in [0.15, 0.2) is 41.0 Å². The molecule has 0 spiro atoms. The topological polar surface area (TPSA) is 22.0 Å². The van der Waals surface area contributed by atoms with Crippen LogP contribution in [0.4, 0.5) is 0 Å². The molecular formula is C12H10BrNO. The van der Waals surface area contributed by atoms with Gasteiger partial charge in [-0.15, -0.1) is 0 Å². The Morgan fingerprint density at radius 3 is 2.87 bits per heavy atom. The monoisotopic (exact) mass is 263 g/mol. The quantitative estimate of drug-likeness (QED) is 0.762. The van der Waals surface area contributed by atoms with Gasteiger partial charge in [-0.3, -0.25) is 4.79 Å². The molecule has 0 radical (unpaired) electrons. The molecule has 0 unspecified atom stereocenters. The van der Waals surface area contributed by atoms with E-state index < -0.39 is 0 Å². The molecule has 1 aromatic heterocycles. The zero-order valence-electron chi connectivity index (χ0n) is 8.27. The fourth-order valence-corrected chi connectivity index (χ4v) is 1.95. The summed E-state index contributed by atoms with van der Waals surface area (Å²) in [5.74, 6) is 0. The molecule has 0 aliphatic carbocycles. The lowest BCUT2D eigenvalue weighted by atomic mass is 10.2. The lowest BCUT2D eigenvalue weighted by Crippen LogP contribution is -1.98. The molecule has 0 saturated heterocycles. The van der Waals surface area contributed by atoms with Gasteiger partial charge in [0.05, 0.1) is 11.4 Å². The van der Waals surface area contributed by atoms with Crippen LogP contribution in [0.5, 0.6) is 0 Å². The van der Waals surface area contributed by atoms with Gasteiger partial charge in [-0.25, -0.2) is 0 Å². The van der Waals surface area contributed by atoms with Crippen LogP contribution in [0.3, 0.4) is 0 Å². The van der Waals surface area contributed by atoms with Gasteiger partial charge >= 0.3 is 0 Å². The molecule has 1 aromatic carbocycles. The first-order valence-corrected chi connectivity index (χ1v) is 5.41. The number of nitrogens with zero attached hydrogens (tertiary/aromatic N) is 1. The average Bonchev–Trinajstić information content (AvgIpc) is 2.69. The number of halogens is 1. The molecule has 0 saturated carbocycles. The number of benzene rings is 1. The van der Waals surface area contributed by atoms with Crippen LogP contribution in [0.25, 0.3) is 5.69 Å². The zero-order valence-corrected chi connectivity index (χ0v) is 9.86. The maximum absolute atomic E-state index is 10.8. The molecule has 15 heavy (non-hydrogen) atoms. The molecule has 0 amide bonds. The summed E-state index contributed by atoms with van der Waals surface area (Å²) in [6, 6.07) is 9.70. The number of aldehydes is 1. The third kappa shape index (κ3) is 1.88. The summed E-state index contributed by atoms with van der Waals surface area (Å²) in [6.45, 7) is 2.03. The Balaban J connectivity index is 2.62. The minimum atomic E-state index is 0.654. The lowest BCUT2D eigenvalue weighted by molar-refractivity contribution is 0.111. The molecule has 0 atom stereocenters. The van der Waals surface area contributed by atoms with Crippen LogP contribution in [-0.2, 0) is 0 Å². The Bertz CT molecular complexity index is 502. The molecule has 0 fully saturated rings. The second-order valence-electron chi connectivity index (χ2n) is 3.38. The van der Waals surface area contributed by atoms with Crippen molar-refractivity contribution in [2.45, 2.75) is 6.92 Å². The molecule has 0 bridgehead atoms. The highest BCUT2D eigenvalue weighted by molar-refractivity contribution is 9.10. The van der Waals surface area contributed by atoms with Crippen molar-refractivity contribution in [2.75, 3.05) is 0 Å². The van der Waals surface area contributed by atoms with Crippen LogP contribution in [0.1, 0.15) is 16.1 Å². The van der Waals surface area contributed by atoms with Crippen molar-refractivity contribution < 1.29 is 4.79 Å². The van der Waals surface area contributed by atoms with Crippen LogP contribution in [0, 0.1) is 6.92 Å². The molecular weight excluding hydrogens is 254 g/mol. The van der Waals surface area contributed by atoms with Gasteiger partial charge in [-0.05, 0) is 52.7 Å². The number of aryl methyl sites for hydroxylation is 1. The maximum Gasteiger partial charge on any atom is 0.166 e. The summed E-state index contributed by atoms with van der Waals surface area (Å²) in [4.78, 5) is 10.8. The number of hydrogen-bond acceptors (Lipinski definition) is 1. The van der Waals surface area contributed by atoms with Crippen LogP contribution in [-0.4, -0.2) is 10.9 Å². The summed E-state index contributed by atoms with van der Waals surface area (Å²) in [5, 5.41) is 0. The summed E-state index contributed by atoms with van der Waals surface area (Å²) >= 11 is 3.48. The number of aromatic nitrogens is 1. The van der Waals surface area contributed by atoms with E-state index >= 15 is 0 Å². The first-order chi connectivity index (χ1) is 7.22. The van der Waals surface area contributed by atoms with Gasteiger partial charge in [-0.1, -0.05) is 6.07 Å². The highest BCUT2D eigenvalue weighted by Gasteiger charge is 2.05. The predicted octanol–water partition coefficient (Wildman–Crippen LogP) is 3.36. The van der Waals surface area contributed by atoms with Crippen LogP contribution < -0.4 is 0 Å². The number of rotatable bonds is 2. The molecule has 3 heteroatoms. The van der Waals surface area contributed by atoms with Gasteiger partial charge in [0.25, 0.3) is 0 Å². The van der Waals surface area contributed by atoms with E-state index in [2.05, 4.69) is 15.9 Å². The minimum Gasteiger partial charge on any atom is -0.313 e. The van der Waals surface area contributed by atoms with Gasteiger partial charge in [0, 0.05) is 10.7 Å². The van der Waals surface area contributed by atoms with Gasteiger partial charge in [0.1, 0.15) is 0 Å². The number of hydrogen-bond donors (Lipinski definition) is 0. The molecule has 1 heterocycles. The zero-order chi connectivity index (χ0) is 10.8. The van der Waals surface area contributed by atoms with E-state index in [1.165, 1.54) is 5.56 Å². The third-order valence-corrected chi connectivity index (χ3v) is 2.93. The molecule has 0 aliphatic rings. The number of carbonyl (C=O) groups excluding carboxylic acids is 1. The summed E-state index contributed by atoms with van der Waals surface area (Å²) in [7, 11) is 0. The van der Waals surface area contributed by atoms with Crippen molar-refractivity contribution in [1.82, 2.24) is 4.57 Å². The normalized spacial score (nSPS) is 10.3. The maximum atomic E-state index is 10.8. The summed E-state index contributed by atoms with van der Waals surface area (Å²) in [5.41, 5.74) is 2.81. The molecule has 2 nitrogen and oxygen atoms in total. The van der Waals surface area contributed by atoms with Gasteiger partial charge < -0.3 is 4.57 Å². The molecule has 2 rings (SSSR count). The predicted molar refractivity (Wildman–Crippen MR) is 63.6 cm³/mol. The second kappa shape index (κ2) is 4.03. The van der Waals surface area contributed by atoms with Crippen molar-refractivity contribution in [1.29, 1.82) is 0 Å². The van der Waals surface area contributed by atoms with E-state index in [4.69, 9.17) is 0 Å². The lowest BCUT2D eigenvalue weighted by Gasteiger charge is -2.08. The van der Waals surface area contributed by atoms with E-state index in [0.29, 0.717) is 5.69 Å². The first kappa shape index (κ1) is 10.2. The van der Waals surface area contributed by atoms with Crippen molar-refractivity contribution in [3.8, 4) is 5.69 Å². The third-order valence-electron chi connectivity index (χ3n) is 2.26. The van der Waals surface area contributed by atoms with Crippen molar-refractivity contribution in [3.63, 3.8) is 0 Å². The molecule has 0 aliphatic heterocycles. The Kier molecular flexibility index (Phi) is 2.73. The highest BCUT2D eigenvalue weighted by Crippen LogP contribution is 2.23. The van der Waals surface area contributed by atoms with Crippen molar-refractivity contribution in [3.05, 3.63) is 52.3 Å². The van der Waals surface area contributed by atoms with Crippen LogP contribution >= 0.6 is 15.9 Å². The van der Waals surface area contributed by atoms with Crippen molar-refractivity contribution >= 4 is 22.2 Å². The smallest absolute Gasteiger partial charge is 0.166 e. The van der Waals surface area contributed by atoms with E-state index in [-0.39, 0.29) is 0 Å². The molecule has 0 N–H and O–H groups in total. The Hall–Kier alpha value is -1.35. The second-order valence-corrected chi connectivity index (χ2v) is 4.23. The Morgan fingerprint density at radius 2 is 2.13 bits per heavy atom. The van der Waals surface area contributed by atoms with Crippen LogP contribution in [0.2, 0.25) is 0 Å². The van der Waals surface area contributed by atoms with Gasteiger partial charge in [0.2, 0.25) is 0 Å².